The normalized spacial score (nSPS) is 30.7. The van der Waals surface area contributed by atoms with Crippen LogP contribution in [0.5, 0.6) is 0 Å². The molecule has 4 rings (SSSR count). The van der Waals surface area contributed by atoms with Crippen molar-refractivity contribution in [2.45, 2.75) is 70.9 Å². The Labute approximate surface area is 136 Å². The SMILES string of the molecule is CCc1nc2n(n1)CCCC2NC(=O)C1(C#N)CC12CCCC2. The number of nitrogens with one attached hydrogen (secondary N) is 1. The minimum Gasteiger partial charge on any atom is -0.345 e. The third-order valence-electron chi connectivity index (χ3n) is 6.06. The van der Waals surface area contributed by atoms with Crippen molar-refractivity contribution in [2.24, 2.45) is 10.8 Å². The molecule has 2 saturated carbocycles. The van der Waals surface area contributed by atoms with Gasteiger partial charge in [-0.3, -0.25) is 4.79 Å². The van der Waals surface area contributed by atoms with Crippen LogP contribution >= 0.6 is 0 Å². The molecule has 23 heavy (non-hydrogen) atoms. The number of aryl methyl sites for hydroxylation is 2. The second-order valence-corrected chi connectivity index (χ2v) is 7.31. The van der Waals surface area contributed by atoms with Gasteiger partial charge in [0.15, 0.2) is 5.82 Å². The highest BCUT2D eigenvalue weighted by atomic mass is 16.2. The maximum atomic E-state index is 12.9. The number of nitriles is 1. The monoisotopic (exact) mass is 313 g/mol. The lowest BCUT2D eigenvalue weighted by Gasteiger charge is -2.25. The first-order chi connectivity index (χ1) is 11.1. The van der Waals surface area contributed by atoms with Gasteiger partial charge in [0, 0.05) is 18.4 Å². The zero-order chi connectivity index (χ0) is 16.1. The quantitative estimate of drug-likeness (QED) is 0.927. The highest BCUT2D eigenvalue weighted by molar-refractivity contribution is 5.90. The highest BCUT2D eigenvalue weighted by Crippen LogP contribution is 2.71. The third-order valence-corrected chi connectivity index (χ3v) is 6.06. The lowest BCUT2D eigenvalue weighted by Crippen LogP contribution is -2.39. The predicted octanol–water partition coefficient (Wildman–Crippen LogP) is 2.27. The molecule has 2 atom stereocenters. The Morgan fingerprint density at radius 2 is 2.22 bits per heavy atom. The van der Waals surface area contributed by atoms with Crippen LogP contribution in [0.1, 0.15) is 69.6 Å². The standard InChI is InChI=1S/C17H23N5O/c1-2-13-20-14-12(6-5-9-22(14)21-13)19-15(23)17(11-18)10-16(17)7-3-4-8-16/h12H,2-10H2,1H3,(H,19,23). The fourth-order valence-corrected chi connectivity index (χ4v) is 4.62. The number of carbonyl (C=O) groups is 1. The Bertz CT molecular complexity index is 682. The van der Waals surface area contributed by atoms with Crippen LogP contribution < -0.4 is 5.32 Å². The molecule has 1 aromatic rings. The first-order valence-corrected chi connectivity index (χ1v) is 8.80. The van der Waals surface area contributed by atoms with E-state index < -0.39 is 5.41 Å². The molecule has 122 valence electrons. The van der Waals surface area contributed by atoms with Crippen LogP contribution in [0, 0.1) is 22.2 Å². The molecule has 2 unspecified atom stereocenters. The van der Waals surface area contributed by atoms with Crippen LogP contribution in [0.2, 0.25) is 0 Å². The number of amides is 1. The molecule has 1 spiro atoms. The average Bonchev–Trinajstić information content (AvgIpc) is 2.89. The van der Waals surface area contributed by atoms with Crippen LogP contribution in [0.4, 0.5) is 0 Å². The number of rotatable bonds is 3. The van der Waals surface area contributed by atoms with Gasteiger partial charge in [-0.1, -0.05) is 19.8 Å². The van der Waals surface area contributed by atoms with Crippen molar-refractivity contribution in [3.8, 4) is 6.07 Å². The van der Waals surface area contributed by atoms with Gasteiger partial charge in [-0.15, -0.1) is 0 Å². The number of nitrogens with zero attached hydrogens (tertiary/aromatic N) is 4. The van der Waals surface area contributed by atoms with Crippen LogP contribution in [-0.4, -0.2) is 20.7 Å². The first kappa shape index (κ1) is 14.7. The number of carbonyl (C=O) groups excluding carboxylic acids is 1. The molecular weight excluding hydrogens is 290 g/mol. The Hall–Kier alpha value is -1.90. The molecule has 1 amide bonds. The summed E-state index contributed by atoms with van der Waals surface area (Å²) in [6, 6.07) is 2.26. The second-order valence-electron chi connectivity index (χ2n) is 7.31. The van der Waals surface area contributed by atoms with Gasteiger partial charge in [0.1, 0.15) is 11.2 Å². The topological polar surface area (TPSA) is 83.6 Å². The van der Waals surface area contributed by atoms with Crippen molar-refractivity contribution in [1.82, 2.24) is 20.1 Å². The van der Waals surface area contributed by atoms with Crippen molar-refractivity contribution < 1.29 is 4.79 Å². The first-order valence-electron chi connectivity index (χ1n) is 8.80. The molecule has 2 heterocycles. The van der Waals surface area contributed by atoms with Crippen molar-refractivity contribution in [2.75, 3.05) is 0 Å². The van der Waals surface area contributed by atoms with Crippen molar-refractivity contribution in [3.05, 3.63) is 11.6 Å². The summed E-state index contributed by atoms with van der Waals surface area (Å²) in [6.45, 7) is 2.90. The summed E-state index contributed by atoms with van der Waals surface area (Å²) in [4.78, 5) is 17.5. The minimum absolute atomic E-state index is 0.0389. The second kappa shape index (κ2) is 5.05. The van der Waals surface area contributed by atoms with E-state index in [4.69, 9.17) is 0 Å². The van der Waals surface area contributed by atoms with Crippen LogP contribution in [0.25, 0.3) is 0 Å². The van der Waals surface area contributed by atoms with E-state index >= 15 is 0 Å². The number of hydrogen-bond donors (Lipinski definition) is 1. The smallest absolute Gasteiger partial charge is 0.241 e. The average molecular weight is 313 g/mol. The van der Waals surface area contributed by atoms with Gasteiger partial charge in [0.2, 0.25) is 5.91 Å². The fraction of sp³-hybridized carbons (Fsp3) is 0.765. The Balaban J connectivity index is 1.54. The summed E-state index contributed by atoms with van der Waals surface area (Å²) in [5, 5.41) is 17.3. The molecule has 1 N–H and O–H groups in total. The zero-order valence-electron chi connectivity index (χ0n) is 13.6. The van der Waals surface area contributed by atoms with E-state index in [9.17, 15) is 10.1 Å². The molecule has 1 aliphatic heterocycles. The van der Waals surface area contributed by atoms with Gasteiger partial charge in [-0.2, -0.15) is 10.4 Å². The van der Waals surface area contributed by atoms with Gasteiger partial charge in [-0.25, -0.2) is 9.67 Å². The largest absolute Gasteiger partial charge is 0.345 e. The molecule has 2 fully saturated rings. The molecule has 3 aliphatic rings. The van der Waals surface area contributed by atoms with Crippen molar-refractivity contribution in [1.29, 1.82) is 5.26 Å². The zero-order valence-corrected chi connectivity index (χ0v) is 13.6. The van der Waals surface area contributed by atoms with Crippen molar-refractivity contribution >= 4 is 5.91 Å². The molecule has 0 aromatic carbocycles. The minimum atomic E-state index is -0.792. The van der Waals surface area contributed by atoms with Gasteiger partial charge < -0.3 is 5.32 Å². The molecular formula is C17H23N5O. The summed E-state index contributed by atoms with van der Waals surface area (Å²) in [7, 11) is 0. The van der Waals surface area contributed by atoms with Gasteiger partial charge in [0.05, 0.1) is 12.1 Å². The Morgan fingerprint density at radius 3 is 2.91 bits per heavy atom. The Morgan fingerprint density at radius 1 is 1.43 bits per heavy atom. The maximum Gasteiger partial charge on any atom is 0.241 e. The van der Waals surface area contributed by atoms with E-state index in [0.29, 0.717) is 0 Å². The van der Waals surface area contributed by atoms with Crippen LogP contribution in [-0.2, 0) is 17.8 Å². The lowest BCUT2D eigenvalue weighted by molar-refractivity contribution is -0.126. The predicted molar refractivity (Wildman–Crippen MR) is 83.1 cm³/mol. The fourth-order valence-electron chi connectivity index (χ4n) is 4.62. The molecule has 0 bridgehead atoms. The van der Waals surface area contributed by atoms with E-state index in [1.807, 2.05) is 11.6 Å². The van der Waals surface area contributed by atoms with Crippen LogP contribution in [0.3, 0.4) is 0 Å². The molecule has 6 heteroatoms. The summed E-state index contributed by atoms with van der Waals surface area (Å²) in [5.74, 6) is 1.60. The number of aromatic nitrogens is 3. The van der Waals surface area contributed by atoms with Gasteiger partial charge in [0.25, 0.3) is 0 Å². The lowest BCUT2D eigenvalue weighted by atomic mass is 9.91. The number of fused-ring (bicyclic) bond motifs is 1. The molecule has 0 saturated heterocycles. The van der Waals surface area contributed by atoms with E-state index in [1.54, 1.807) is 0 Å². The van der Waals surface area contributed by atoms with Gasteiger partial charge in [-0.05, 0) is 32.1 Å². The summed E-state index contributed by atoms with van der Waals surface area (Å²) < 4.78 is 1.92. The maximum absolute atomic E-state index is 12.9. The number of hydrogen-bond acceptors (Lipinski definition) is 4. The van der Waals surface area contributed by atoms with Gasteiger partial charge >= 0.3 is 0 Å². The van der Waals surface area contributed by atoms with E-state index in [0.717, 1.165) is 69.6 Å². The van der Waals surface area contributed by atoms with E-state index in [2.05, 4.69) is 21.5 Å². The molecule has 2 aliphatic carbocycles. The molecule has 6 nitrogen and oxygen atoms in total. The highest BCUT2D eigenvalue weighted by Gasteiger charge is 2.73. The van der Waals surface area contributed by atoms with E-state index in [-0.39, 0.29) is 17.4 Å². The molecule has 1 aromatic heterocycles. The summed E-state index contributed by atoms with van der Waals surface area (Å²) >= 11 is 0. The van der Waals surface area contributed by atoms with E-state index in [1.165, 1.54) is 0 Å². The Kier molecular flexibility index (Phi) is 3.22. The third kappa shape index (κ3) is 2.02. The van der Waals surface area contributed by atoms with Crippen LogP contribution in [0.15, 0.2) is 0 Å². The van der Waals surface area contributed by atoms with Crippen molar-refractivity contribution in [3.63, 3.8) is 0 Å². The summed E-state index contributed by atoms with van der Waals surface area (Å²) in [6.07, 6.45) is 7.73. The summed E-state index contributed by atoms with van der Waals surface area (Å²) in [5.41, 5.74) is -0.831. The molecule has 0 radical (unpaired) electrons.